The van der Waals surface area contributed by atoms with Gasteiger partial charge in [-0.3, -0.25) is 9.48 Å². The van der Waals surface area contributed by atoms with Gasteiger partial charge >= 0.3 is 6.18 Å². The first kappa shape index (κ1) is 23.9. The highest BCUT2D eigenvalue weighted by Gasteiger charge is 2.46. The van der Waals surface area contributed by atoms with Crippen LogP contribution in [0.1, 0.15) is 58.6 Å². The third-order valence-corrected chi connectivity index (χ3v) is 7.67. The van der Waals surface area contributed by atoms with Gasteiger partial charge in [0, 0.05) is 18.7 Å². The monoisotopic (exact) mass is 510 g/mol. The molecule has 1 aromatic heterocycles. The summed E-state index contributed by atoms with van der Waals surface area (Å²) in [6, 6.07) is 14.9. The molecule has 1 fully saturated rings. The molecule has 2 N–H and O–H groups in total. The lowest BCUT2D eigenvalue weighted by atomic mass is 9.82. The molecule has 3 aromatic rings. The molecule has 2 heterocycles. The molecule has 0 radical (unpaired) electrons. The third-order valence-electron chi connectivity index (χ3n) is 7.67. The Balaban J connectivity index is 1.27. The number of aryl methyl sites for hydroxylation is 2. The average molecular weight is 511 g/mol. The number of anilines is 1. The zero-order valence-electron chi connectivity index (χ0n) is 20.4. The van der Waals surface area contributed by atoms with E-state index in [1.54, 1.807) is 18.2 Å². The number of benzene rings is 2. The highest BCUT2D eigenvalue weighted by molar-refractivity contribution is 5.98. The van der Waals surface area contributed by atoms with Gasteiger partial charge in [0.15, 0.2) is 6.61 Å². The Morgan fingerprint density at radius 1 is 1.16 bits per heavy atom. The summed E-state index contributed by atoms with van der Waals surface area (Å²) >= 11 is 0. The fourth-order valence-electron chi connectivity index (χ4n) is 5.66. The minimum absolute atomic E-state index is 0.144. The molecule has 1 atom stereocenters. The van der Waals surface area contributed by atoms with Crippen molar-refractivity contribution in [2.75, 3.05) is 11.9 Å². The fourth-order valence-corrected chi connectivity index (χ4v) is 5.66. The van der Waals surface area contributed by atoms with Gasteiger partial charge in [0.05, 0.1) is 29.0 Å². The summed E-state index contributed by atoms with van der Waals surface area (Å²) in [5.41, 5.74) is 4.53. The van der Waals surface area contributed by atoms with Crippen LogP contribution in [-0.4, -0.2) is 28.5 Å². The van der Waals surface area contributed by atoms with Gasteiger partial charge in [-0.15, -0.1) is 0 Å². The molecule has 2 aliphatic carbocycles. The molecular formula is C28H29F3N4O2. The minimum atomic E-state index is -4.39. The highest BCUT2D eigenvalue weighted by atomic mass is 19.4. The number of para-hydroxylation sites is 1. The number of aromatic nitrogens is 2. The maximum Gasteiger partial charge on any atom is 0.422 e. The Morgan fingerprint density at radius 2 is 1.97 bits per heavy atom. The molecular weight excluding hydrogens is 481 g/mol. The number of nitrogens with one attached hydrogen (secondary N) is 2. The molecule has 3 aliphatic rings. The number of hydrogen-bond donors (Lipinski definition) is 2. The number of carbonyl (C=O) groups is 1. The van der Waals surface area contributed by atoms with Crippen molar-refractivity contribution in [3.8, 4) is 5.75 Å². The summed E-state index contributed by atoms with van der Waals surface area (Å²) in [5.74, 6) is 0.787. The minimum Gasteiger partial charge on any atom is -0.484 e. The van der Waals surface area contributed by atoms with E-state index in [1.807, 2.05) is 35.0 Å². The summed E-state index contributed by atoms with van der Waals surface area (Å²) < 4.78 is 44.7. The lowest BCUT2D eigenvalue weighted by Crippen LogP contribution is -2.50. The van der Waals surface area contributed by atoms with Crippen LogP contribution >= 0.6 is 0 Å². The number of carbonyl (C=O) groups excluding carboxylic acids is 1. The highest BCUT2D eigenvalue weighted by Crippen LogP contribution is 2.44. The van der Waals surface area contributed by atoms with E-state index in [4.69, 9.17) is 9.84 Å². The van der Waals surface area contributed by atoms with Crippen molar-refractivity contribution in [1.82, 2.24) is 15.1 Å². The Kier molecular flexibility index (Phi) is 5.88. The van der Waals surface area contributed by atoms with Crippen molar-refractivity contribution in [3.05, 3.63) is 76.6 Å². The normalized spacial score (nSPS) is 20.5. The number of amides is 1. The van der Waals surface area contributed by atoms with Crippen molar-refractivity contribution in [2.24, 2.45) is 5.92 Å². The summed E-state index contributed by atoms with van der Waals surface area (Å²) in [7, 11) is 0. The number of halogens is 3. The Hall–Kier alpha value is -3.49. The van der Waals surface area contributed by atoms with Crippen LogP contribution < -0.4 is 15.4 Å². The van der Waals surface area contributed by atoms with E-state index >= 15 is 0 Å². The predicted octanol–water partition coefficient (Wildman–Crippen LogP) is 5.36. The zero-order chi connectivity index (χ0) is 25.6. The van der Waals surface area contributed by atoms with E-state index in [0.717, 1.165) is 47.1 Å². The summed E-state index contributed by atoms with van der Waals surface area (Å²) in [6.45, 7) is -0.0523. The largest absolute Gasteiger partial charge is 0.484 e. The molecule has 9 heteroatoms. The van der Waals surface area contributed by atoms with E-state index < -0.39 is 18.3 Å². The maximum atomic E-state index is 13.6. The topological polar surface area (TPSA) is 68.2 Å². The molecule has 0 unspecified atom stereocenters. The second-order valence-corrected chi connectivity index (χ2v) is 10.4. The van der Waals surface area contributed by atoms with Gasteiger partial charge in [-0.1, -0.05) is 37.1 Å². The van der Waals surface area contributed by atoms with Gasteiger partial charge in [0.1, 0.15) is 5.75 Å². The van der Waals surface area contributed by atoms with Crippen LogP contribution in [0.3, 0.4) is 0 Å². The van der Waals surface area contributed by atoms with Crippen molar-refractivity contribution in [3.63, 3.8) is 0 Å². The fraction of sp³-hybridized carbons (Fsp3) is 0.429. The van der Waals surface area contributed by atoms with Gasteiger partial charge in [-0.25, -0.2) is 0 Å². The average Bonchev–Trinajstić information content (AvgIpc) is 3.56. The van der Waals surface area contributed by atoms with Crippen LogP contribution in [0.25, 0.3) is 0 Å². The molecule has 37 heavy (non-hydrogen) atoms. The maximum absolute atomic E-state index is 13.6. The standard InChI is InChI=1S/C28H29F3N4O2/c29-28(30,31)17-37-21-8-9-22-19(14-21)10-12-27(22)15-23-25(26(36)33-27)24(16-32-20-4-2-1-3-5-20)35(34-23)13-11-18-6-7-18/h1-5,8-9,14,18,32H,6-7,10-13,15-17H2,(H,33,36)/t27-/m0/s1. The Morgan fingerprint density at radius 3 is 2.73 bits per heavy atom. The van der Waals surface area contributed by atoms with E-state index in [1.165, 1.54) is 12.8 Å². The number of rotatable bonds is 8. The van der Waals surface area contributed by atoms with Crippen LogP contribution in [0.5, 0.6) is 5.75 Å². The molecule has 0 saturated heterocycles. The smallest absolute Gasteiger partial charge is 0.422 e. The number of ether oxygens (including phenoxy) is 1. The molecule has 6 rings (SSSR count). The number of nitrogens with zero attached hydrogens (tertiary/aromatic N) is 2. The van der Waals surface area contributed by atoms with Crippen LogP contribution in [0.4, 0.5) is 18.9 Å². The van der Waals surface area contributed by atoms with Crippen molar-refractivity contribution < 1.29 is 22.7 Å². The predicted molar refractivity (Wildman–Crippen MR) is 132 cm³/mol. The Bertz CT molecular complexity index is 1320. The quantitative estimate of drug-likeness (QED) is 0.428. The van der Waals surface area contributed by atoms with E-state index in [2.05, 4.69) is 10.6 Å². The van der Waals surface area contributed by atoms with Gasteiger partial charge in [0.25, 0.3) is 5.91 Å². The second-order valence-electron chi connectivity index (χ2n) is 10.4. The van der Waals surface area contributed by atoms with E-state index in [0.29, 0.717) is 31.4 Å². The van der Waals surface area contributed by atoms with Gasteiger partial charge in [-0.05, 0) is 60.6 Å². The molecule has 1 saturated carbocycles. The second kappa shape index (κ2) is 9.11. The third kappa shape index (κ3) is 4.91. The lowest BCUT2D eigenvalue weighted by molar-refractivity contribution is -0.153. The van der Waals surface area contributed by atoms with Gasteiger partial charge in [-0.2, -0.15) is 18.3 Å². The lowest BCUT2D eigenvalue weighted by Gasteiger charge is -2.35. The summed E-state index contributed by atoms with van der Waals surface area (Å²) in [6.07, 6.45) is 1.05. The van der Waals surface area contributed by atoms with Crippen LogP contribution in [0.15, 0.2) is 48.5 Å². The van der Waals surface area contributed by atoms with Gasteiger partial charge < -0.3 is 15.4 Å². The molecule has 1 amide bonds. The molecule has 1 aliphatic heterocycles. The molecule has 0 bridgehead atoms. The molecule has 194 valence electrons. The first-order valence-electron chi connectivity index (χ1n) is 12.8. The van der Waals surface area contributed by atoms with E-state index in [9.17, 15) is 18.0 Å². The number of fused-ring (bicyclic) bond motifs is 3. The molecule has 1 spiro atoms. The van der Waals surface area contributed by atoms with Crippen molar-refractivity contribution in [1.29, 1.82) is 0 Å². The number of hydrogen-bond acceptors (Lipinski definition) is 4. The van der Waals surface area contributed by atoms with Gasteiger partial charge in [0.2, 0.25) is 0 Å². The first-order valence-corrected chi connectivity index (χ1v) is 12.8. The summed E-state index contributed by atoms with van der Waals surface area (Å²) in [4.78, 5) is 13.6. The first-order chi connectivity index (χ1) is 17.8. The van der Waals surface area contributed by atoms with Crippen LogP contribution in [0, 0.1) is 5.92 Å². The summed E-state index contributed by atoms with van der Waals surface area (Å²) in [5, 5.41) is 11.6. The van der Waals surface area contributed by atoms with Crippen LogP contribution in [-0.2, 0) is 31.5 Å². The van der Waals surface area contributed by atoms with Crippen LogP contribution in [0.2, 0.25) is 0 Å². The molecule has 6 nitrogen and oxygen atoms in total. The zero-order valence-corrected chi connectivity index (χ0v) is 20.4. The van der Waals surface area contributed by atoms with Crippen molar-refractivity contribution in [2.45, 2.75) is 63.3 Å². The number of alkyl halides is 3. The molecule has 2 aromatic carbocycles. The van der Waals surface area contributed by atoms with Crippen molar-refractivity contribution >= 4 is 11.6 Å². The van der Waals surface area contributed by atoms with E-state index in [-0.39, 0.29) is 11.7 Å². The Labute approximate surface area is 213 Å². The SMILES string of the molecule is O=C1N[C@@]2(CCc3cc(OCC(F)(F)F)ccc32)Cc2nn(CCC3CC3)c(CNc3ccccc3)c21.